The smallest absolute Gasteiger partial charge is 0.326 e. The van der Waals surface area contributed by atoms with E-state index in [2.05, 4.69) is 5.32 Å². The highest BCUT2D eigenvalue weighted by atomic mass is 16.5. The summed E-state index contributed by atoms with van der Waals surface area (Å²) >= 11 is 0. The van der Waals surface area contributed by atoms with Crippen molar-refractivity contribution in [2.75, 3.05) is 18.1 Å². The van der Waals surface area contributed by atoms with E-state index in [1.54, 1.807) is 49.4 Å². The number of ether oxygens (including phenoxy) is 1. The summed E-state index contributed by atoms with van der Waals surface area (Å²) in [7, 11) is 0. The molecule has 0 aromatic heterocycles. The third-order valence-electron chi connectivity index (χ3n) is 5.09. The molecule has 0 spiro atoms. The number of carbonyl (C=O) groups is 4. The van der Waals surface area contributed by atoms with Gasteiger partial charge in [0.2, 0.25) is 0 Å². The Kier molecular flexibility index (Phi) is 6.39. The first-order chi connectivity index (χ1) is 14.7. The van der Waals surface area contributed by atoms with E-state index in [4.69, 9.17) is 4.74 Å². The molecule has 1 saturated heterocycles. The number of hydrogen-bond donors (Lipinski definition) is 1. The Morgan fingerprint density at radius 1 is 1.03 bits per heavy atom. The molecular weight excluding hydrogens is 398 g/mol. The molecule has 0 radical (unpaired) electrons. The quantitative estimate of drug-likeness (QED) is 0.545. The van der Waals surface area contributed by atoms with Crippen molar-refractivity contribution in [1.29, 1.82) is 0 Å². The fraction of sp³-hybridized carbons (Fsp3) is 0.304. The molecule has 31 heavy (non-hydrogen) atoms. The molecule has 162 valence electrons. The second-order valence-electron chi connectivity index (χ2n) is 7.67. The molecule has 1 N–H and O–H groups in total. The lowest BCUT2D eigenvalue weighted by Crippen LogP contribution is -2.42. The zero-order valence-corrected chi connectivity index (χ0v) is 17.7. The maximum absolute atomic E-state index is 12.9. The molecule has 0 unspecified atom stereocenters. The first kappa shape index (κ1) is 22.0. The number of nitrogens with zero attached hydrogens (tertiary/aromatic N) is 2. The number of rotatable bonds is 7. The molecule has 4 amide bonds. The van der Waals surface area contributed by atoms with Crippen LogP contribution in [0, 0.1) is 0 Å². The summed E-state index contributed by atoms with van der Waals surface area (Å²) in [6.07, 6.45) is 0. The minimum atomic E-state index is -1.27. The van der Waals surface area contributed by atoms with Crippen molar-refractivity contribution < 1.29 is 23.9 Å². The Morgan fingerprint density at radius 3 is 2.19 bits per heavy atom. The molecule has 0 aliphatic carbocycles. The second kappa shape index (κ2) is 8.99. The van der Waals surface area contributed by atoms with Gasteiger partial charge < -0.3 is 15.0 Å². The normalized spacial score (nSPS) is 18.1. The Labute approximate surface area is 180 Å². The van der Waals surface area contributed by atoms with Crippen LogP contribution in [0.15, 0.2) is 60.7 Å². The lowest BCUT2D eigenvalue weighted by molar-refractivity contribution is -0.150. The minimum absolute atomic E-state index is 0.147. The first-order valence-electron chi connectivity index (χ1n) is 9.96. The van der Waals surface area contributed by atoms with Gasteiger partial charge in [0.1, 0.15) is 12.1 Å². The zero-order chi connectivity index (χ0) is 22.6. The highest BCUT2D eigenvalue weighted by molar-refractivity contribution is 6.09. The fourth-order valence-corrected chi connectivity index (χ4v) is 3.51. The summed E-state index contributed by atoms with van der Waals surface area (Å²) in [5, 5.41) is 2.63. The van der Waals surface area contributed by atoms with Crippen molar-refractivity contribution in [2.24, 2.45) is 0 Å². The summed E-state index contributed by atoms with van der Waals surface area (Å²) < 4.78 is 5.08. The summed E-state index contributed by atoms with van der Waals surface area (Å²) in [4.78, 5) is 52.5. The van der Waals surface area contributed by atoms with Gasteiger partial charge in [0.15, 0.2) is 6.61 Å². The summed E-state index contributed by atoms with van der Waals surface area (Å²) in [5.74, 6) is -1.80. The van der Waals surface area contributed by atoms with Crippen LogP contribution < -0.4 is 10.2 Å². The van der Waals surface area contributed by atoms with Gasteiger partial charge in [-0.1, -0.05) is 48.5 Å². The van der Waals surface area contributed by atoms with Crippen LogP contribution in [0.3, 0.4) is 0 Å². The average molecular weight is 423 g/mol. The van der Waals surface area contributed by atoms with Crippen molar-refractivity contribution in [1.82, 2.24) is 10.2 Å². The van der Waals surface area contributed by atoms with Crippen LogP contribution in [-0.2, 0) is 24.7 Å². The molecule has 1 heterocycles. The van der Waals surface area contributed by atoms with Gasteiger partial charge in [-0.2, -0.15) is 0 Å². The molecule has 8 nitrogen and oxygen atoms in total. The van der Waals surface area contributed by atoms with Gasteiger partial charge in [0, 0.05) is 11.7 Å². The number of hydrogen-bond acceptors (Lipinski definition) is 5. The average Bonchev–Trinajstić information content (AvgIpc) is 2.97. The van der Waals surface area contributed by atoms with Crippen LogP contribution in [0.2, 0.25) is 0 Å². The molecule has 8 heteroatoms. The van der Waals surface area contributed by atoms with E-state index in [0.29, 0.717) is 11.3 Å². The maximum atomic E-state index is 12.9. The third-order valence-corrected chi connectivity index (χ3v) is 5.09. The Balaban J connectivity index is 1.62. The molecule has 1 aliphatic heterocycles. The predicted octanol–water partition coefficient (Wildman–Crippen LogP) is 2.44. The number of esters is 1. The van der Waals surface area contributed by atoms with E-state index in [1.807, 2.05) is 32.0 Å². The molecule has 2 aromatic rings. The summed E-state index contributed by atoms with van der Waals surface area (Å²) in [6, 6.07) is 17.0. The van der Waals surface area contributed by atoms with Crippen LogP contribution in [-0.4, -0.2) is 47.9 Å². The lowest BCUT2D eigenvalue weighted by Gasteiger charge is -2.26. The van der Waals surface area contributed by atoms with Gasteiger partial charge in [0.25, 0.3) is 11.8 Å². The van der Waals surface area contributed by atoms with Crippen LogP contribution in [0.25, 0.3) is 0 Å². The third kappa shape index (κ3) is 4.58. The van der Waals surface area contributed by atoms with E-state index in [0.717, 1.165) is 4.90 Å². The first-order valence-corrected chi connectivity index (χ1v) is 9.96. The summed E-state index contributed by atoms with van der Waals surface area (Å²) in [6.45, 7) is 4.21. The standard InChI is InChI=1S/C23H25N3O5/c1-16(2)26(18-12-8-5-9-13-18)19(27)15-31-20(28)14-25-21(29)23(3,24-22(25)30)17-10-6-4-7-11-17/h4-13,16H,14-15H2,1-3H3,(H,24,30)/t23-/m0/s1. The fourth-order valence-electron chi connectivity index (χ4n) is 3.51. The highest BCUT2D eigenvalue weighted by Crippen LogP contribution is 2.28. The lowest BCUT2D eigenvalue weighted by atomic mass is 9.92. The van der Waals surface area contributed by atoms with Crippen molar-refractivity contribution in [3.63, 3.8) is 0 Å². The van der Waals surface area contributed by atoms with Crippen LogP contribution in [0.4, 0.5) is 10.5 Å². The maximum Gasteiger partial charge on any atom is 0.326 e. The molecular formula is C23H25N3O5. The minimum Gasteiger partial charge on any atom is -0.454 e. The number of anilines is 1. The van der Waals surface area contributed by atoms with Gasteiger partial charge in [-0.05, 0) is 38.5 Å². The molecule has 1 aliphatic rings. The largest absolute Gasteiger partial charge is 0.454 e. The van der Waals surface area contributed by atoms with Crippen molar-refractivity contribution in [3.8, 4) is 0 Å². The van der Waals surface area contributed by atoms with E-state index >= 15 is 0 Å². The van der Waals surface area contributed by atoms with E-state index in [-0.39, 0.29) is 6.04 Å². The highest BCUT2D eigenvalue weighted by Gasteiger charge is 2.49. The number of para-hydroxylation sites is 1. The predicted molar refractivity (Wildman–Crippen MR) is 114 cm³/mol. The van der Waals surface area contributed by atoms with Gasteiger partial charge in [-0.25, -0.2) is 4.79 Å². The second-order valence-corrected chi connectivity index (χ2v) is 7.67. The Morgan fingerprint density at radius 2 is 1.61 bits per heavy atom. The number of urea groups is 1. The monoisotopic (exact) mass is 423 g/mol. The molecule has 0 saturated carbocycles. The molecule has 3 rings (SSSR count). The Bertz CT molecular complexity index is 977. The van der Waals surface area contributed by atoms with Crippen LogP contribution in [0.1, 0.15) is 26.3 Å². The van der Waals surface area contributed by atoms with Gasteiger partial charge in [0.05, 0.1) is 0 Å². The van der Waals surface area contributed by atoms with E-state index in [9.17, 15) is 19.2 Å². The van der Waals surface area contributed by atoms with Gasteiger partial charge in [-0.15, -0.1) is 0 Å². The number of nitrogens with one attached hydrogen (secondary N) is 1. The number of carbonyl (C=O) groups excluding carboxylic acids is 4. The van der Waals surface area contributed by atoms with Crippen molar-refractivity contribution in [2.45, 2.75) is 32.4 Å². The topological polar surface area (TPSA) is 96.0 Å². The Hall–Kier alpha value is -3.68. The molecule has 1 atom stereocenters. The van der Waals surface area contributed by atoms with Gasteiger partial charge in [-0.3, -0.25) is 19.3 Å². The van der Waals surface area contributed by atoms with Crippen molar-refractivity contribution >= 4 is 29.5 Å². The summed E-state index contributed by atoms with van der Waals surface area (Å²) in [5.41, 5.74) is 0.0250. The van der Waals surface area contributed by atoms with Crippen molar-refractivity contribution in [3.05, 3.63) is 66.2 Å². The SMILES string of the molecule is CC(C)N(C(=O)COC(=O)CN1C(=O)N[C@@](C)(c2ccccc2)C1=O)c1ccccc1. The zero-order valence-electron chi connectivity index (χ0n) is 17.7. The van der Waals surface area contributed by atoms with E-state index < -0.39 is 42.5 Å². The van der Waals surface area contributed by atoms with Crippen LogP contribution in [0.5, 0.6) is 0 Å². The van der Waals surface area contributed by atoms with E-state index in [1.165, 1.54) is 4.90 Å². The molecule has 1 fully saturated rings. The molecule has 0 bridgehead atoms. The number of imide groups is 1. The van der Waals surface area contributed by atoms with Crippen LogP contribution >= 0.6 is 0 Å². The molecule has 2 aromatic carbocycles. The number of amides is 4. The number of benzene rings is 2. The van der Waals surface area contributed by atoms with Gasteiger partial charge >= 0.3 is 12.0 Å².